The second-order valence-electron chi connectivity index (χ2n) is 4.69. The predicted molar refractivity (Wildman–Crippen MR) is 78.8 cm³/mol. The highest BCUT2D eigenvalue weighted by Crippen LogP contribution is 2.21. The van der Waals surface area contributed by atoms with Crippen LogP contribution in [0, 0.1) is 0 Å². The summed E-state index contributed by atoms with van der Waals surface area (Å²) >= 11 is 1.47. The first kappa shape index (κ1) is 17.2. The summed E-state index contributed by atoms with van der Waals surface area (Å²) in [5.74, 6) is -0.102. The van der Waals surface area contributed by atoms with Crippen LogP contribution in [0.15, 0.2) is 33.9 Å². The molecule has 9 heteroatoms. The molecule has 0 bridgehead atoms. The largest absolute Gasteiger partial charge is 0.421 e. The molecule has 0 unspecified atom stereocenters. The van der Waals surface area contributed by atoms with E-state index in [9.17, 15) is 18.0 Å². The average molecular weight is 345 g/mol. The fourth-order valence-corrected chi connectivity index (χ4v) is 2.49. The molecule has 0 aliphatic carbocycles. The summed E-state index contributed by atoms with van der Waals surface area (Å²) < 4.78 is 42.7. The van der Waals surface area contributed by atoms with Gasteiger partial charge in [-0.15, -0.1) is 16.8 Å². The van der Waals surface area contributed by atoms with Gasteiger partial charge in [-0.1, -0.05) is 6.08 Å². The highest BCUT2D eigenvalue weighted by Gasteiger charge is 2.32. The van der Waals surface area contributed by atoms with E-state index in [0.717, 1.165) is 5.56 Å². The lowest BCUT2D eigenvalue weighted by atomic mass is 10.2. The molecule has 0 radical (unpaired) electrons. The Labute approximate surface area is 134 Å². The maximum atomic E-state index is 12.4. The Balaban J connectivity index is 1.93. The van der Waals surface area contributed by atoms with Crippen molar-refractivity contribution in [3.8, 4) is 11.5 Å². The number of halogens is 3. The van der Waals surface area contributed by atoms with E-state index in [4.69, 9.17) is 4.42 Å². The molecule has 0 aliphatic heterocycles. The first-order valence-corrected chi connectivity index (χ1v) is 7.63. The lowest BCUT2D eigenvalue weighted by molar-refractivity contribution is -0.160. The van der Waals surface area contributed by atoms with E-state index in [1.54, 1.807) is 0 Å². The molecule has 0 saturated heterocycles. The van der Waals surface area contributed by atoms with E-state index in [1.807, 2.05) is 16.8 Å². The number of carbonyl (C=O) groups excluding carboxylic acids is 1. The topological polar surface area (TPSA) is 59.2 Å². The van der Waals surface area contributed by atoms with Crippen LogP contribution < -0.4 is 0 Å². The van der Waals surface area contributed by atoms with E-state index in [2.05, 4.69) is 16.8 Å². The van der Waals surface area contributed by atoms with Gasteiger partial charge in [0.25, 0.3) is 0 Å². The molecule has 0 fully saturated rings. The zero-order valence-electron chi connectivity index (χ0n) is 12.0. The minimum absolute atomic E-state index is 0.0848. The van der Waals surface area contributed by atoms with Crippen molar-refractivity contribution in [3.05, 3.63) is 35.4 Å². The molecule has 0 aromatic carbocycles. The lowest BCUT2D eigenvalue weighted by Crippen LogP contribution is -2.39. The smallest absolute Gasteiger partial charge is 0.406 e. The van der Waals surface area contributed by atoms with Crippen LogP contribution in [0.25, 0.3) is 11.5 Å². The van der Waals surface area contributed by atoms with Gasteiger partial charge < -0.3 is 9.32 Å². The molecule has 23 heavy (non-hydrogen) atoms. The number of aromatic nitrogens is 2. The van der Waals surface area contributed by atoms with Crippen LogP contribution in [-0.2, 0) is 11.2 Å². The molecule has 5 nitrogen and oxygen atoms in total. The van der Waals surface area contributed by atoms with Gasteiger partial charge in [0.05, 0.1) is 0 Å². The Morgan fingerprint density at radius 3 is 2.83 bits per heavy atom. The number of aryl methyl sites for hydroxylation is 1. The van der Waals surface area contributed by atoms with Gasteiger partial charge in [0.2, 0.25) is 17.7 Å². The highest BCUT2D eigenvalue weighted by molar-refractivity contribution is 7.08. The summed E-state index contributed by atoms with van der Waals surface area (Å²) in [6, 6.07) is 1.81. The minimum Gasteiger partial charge on any atom is -0.421 e. The van der Waals surface area contributed by atoms with Crippen molar-refractivity contribution >= 4 is 17.2 Å². The van der Waals surface area contributed by atoms with Crippen molar-refractivity contribution < 1.29 is 22.4 Å². The maximum absolute atomic E-state index is 12.4. The number of rotatable bonds is 7. The number of hydrogen-bond donors (Lipinski definition) is 0. The van der Waals surface area contributed by atoms with Gasteiger partial charge in [-0.2, -0.15) is 24.5 Å². The Morgan fingerprint density at radius 2 is 2.22 bits per heavy atom. The molecule has 2 aromatic heterocycles. The van der Waals surface area contributed by atoms with Crippen LogP contribution in [0.1, 0.15) is 12.3 Å². The first-order chi connectivity index (χ1) is 10.9. The molecule has 2 rings (SSSR count). The molecule has 0 saturated carbocycles. The molecule has 0 aliphatic rings. The van der Waals surface area contributed by atoms with E-state index >= 15 is 0 Å². The fraction of sp³-hybridized carbons (Fsp3) is 0.357. The van der Waals surface area contributed by atoms with Crippen molar-refractivity contribution in [2.75, 3.05) is 13.1 Å². The van der Waals surface area contributed by atoms with Gasteiger partial charge in [-0.3, -0.25) is 4.79 Å². The summed E-state index contributed by atoms with van der Waals surface area (Å²) in [5.41, 5.74) is 0.769. The Morgan fingerprint density at radius 1 is 1.43 bits per heavy atom. The third-order valence-corrected chi connectivity index (χ3v) is 3.54. The van der Waals surface area contributed by atoms with Crippen LogP contribution in [0.3, 0.4) is 0 Å². The van der Waals surface area contributed by atoms with Crippen molar-refractivity contribution in [2.45, 2.75) is 19.0 Å². The van der Waals surface area contributed by atoms with E-state index in [1.165, 1.54) is 17.4 Å². The number of amides is 1. The highest BCUT2D eigenvalue weighted by atomic mass is 32.1. The Bertz CT molecular complexity index is 653. The minimum atomic E-state index is -4.45. The quantitative estimate of drug-likeness (QED) is 0.723. The molecular formula is C14H14F3N3O2S. The van der Waals surface area contributed by atoms with Crippen LogP contribution in [-0.4, -0.2) is 40.3 Å². The zero-order valence-corrected chi connectivity index (χ0v) is 12.9. The summed E-state index contributed by atoms with van der Waals surface area (Å²) in [6.45, 7) is 1.89. The number of alkyl halides is 3. The van der Waals surface area contributed by atoms with Crippen LogP contribution in [0.2, 0.25) is 0 Å². The van der Waals surface area contributed by atoms with Gasteiger partial charge in [-0.05, 0) is 11.4 Å². The maximum Gasteiger partial charge on any atom is 0.406 e. The molecule has 2 aromatic rings. The van der Waals surface area contributed by atoms with Crippen molar-refractivity contribution in [3.63, 3.8) is 0 Å². The van der Waals surface area contributed by atoms with E-state index < -0.39 is 18.6 Å². The van der Waals surface area contributed by atoms with Gasteiger partial charge in [-0.25, -0.2) is 0 Å². The van der Waals surface area contributed by atoms with Crippen molar-refractivity contribution in [1.29, 1.82) is 0 Å². The number of hydrogen-bond acceptors (Lipinski definition) is 5. The first-order valence-electron chi connectivity index (χ1n) is 6.69. The van der Waals surface area contributed by atoms with Crippen molar-refractivity contribution in [1.82, 2.24) is 15.1 Å². The van der Waals surface area contributed by atoms with E-state index in [-0.39, 0.29) is 25.3 Å². The standard InChI is InChI=1S/C14H14F3N3O2S/c1-2-6-20(9-14(15,16)17)12(21)4-3-11-18-19-13(22-11)10-5-7-23-8-10/h2,5,7-8H,1,3-4,6,9H2. The summed E-state index contributed by atoms with van der Waals surface area (Å²) in [6.07, 6.45) is -3.25. The number of thiophene rings is 1. The number of nitrogens with zero attached hydrogens (tertiary/aromatic N) is 3. The Hall–Kier alpha value is -2.16. The van der Waals surface area contributed by atoms with Crippen LogP contribution >= 0.6 is 11.3 Å². The summed E-state index contributed by atoms with van der Waals surface area (Å²) in [4.78, 5) is 12.6. The fourth-order valence-electron chi connectivity index (χ4n) is 1.86. The van der Waals surface area contributed by atoms with E-state index in [0.29, 0.717) is 10.8 Å². The summed E-state index contributed by atoms with van der Waals surface area (Å²) in [7, 11) is 0. The zero-order chi connectivity index (χ0) is 16.9. The van der Waals surface area contributed by atoms with Gasteiger partial charge >= 0.3 is 6.18 Å². The molecule has 124 valence electrons. The second kappa shape index (κ2) is 7.40. The van der Waals surface area contributed by atoms with Crippen LogP contribution in [0.4, 0.5) is 13.2 Å². The molecule has 1 amide bonds. The molecule has 2 heterocycles. The number of carbonyl (C=O) groups is 1. The van der Waals surface area contributed by atoms with Gasteiger partial charge in [0, 0.05) is 30.3 Å². The SMILES string of the molecule is C=CCN(CC(F)(F)F)C(=O)CCc1nnc(-c2ccsc2)o1. The third kappa shape index (κ3) is 5.20. The molecular weight excluding hydrogens is 331 g/mol. The molecule has 0 N–H and O–H groups in total. The molecule has 0 spiro atoms. The van der Waals surface area contributed by atoms with Crippen molar-refractivity contribution in [2.24, 2.45) is 0 Å². The average Bonchev–Trinajstić information content (AvgIpc) is 3.13. The summed E-state index contributed by atoms with van der Waals surface area (Å²) in [5, 5.41) is 11.3. The van der Waals surface area contributed by atoms with Crippen LogP contribution in [0.5, 0.6) is 0 Å². The third-order valence-electron chi connectivity index (χ3n) is 2.86. The monoisotopic (exact) mass is 345 g/mol. The lowest BCUT2D eigenvalue weighted by Gasteiger charge is -2.22. The molecule has 0 atom stereocenters. The Kier molecular flexibility index (Phi) is 5.54. The van der Waals surface area contributed by atoms with Gasteiger partial charge in [0.15, 0.2) is 0 Å². The normalized spacial score (nSPS) is 11.4. The second-order valence-corrected chi connectivity index (χ2v) is 5.47. The predicted octanol–water partition coefficient (Wildman–Crippen LogP) is 3.31. The van der Waals surface area contributed by atoms with Gasteiger partial charge in [0.1, 0.15) is 6.54 Å².